The van der Waals surface area contributed by atoms with Gasteiger partial charge in [-0.05, 0) is 36.6 Å². The predicted octanol–water partition coefficient (Wildman–Crippen LogP) is 0.147. The zero-order chi connectivity index (χ0) is 17.8. The van der Waals surface area contributed by atoms with Gasteiger partial charge in [-0.1, -0.05) is 0 Å². The SMILES string of the molecule is COCCN1CC(C(=O)NCc2c(C)ncc3c2CCNC3)CC1=O. The molecule has 2 aliphatic rings. The van der Waals surface area contributed by atoms with Crippen molar-refractivity contribution in [1.82, 2.24) is 20.5 Å². The number of pyridine rings is 1. The van der Waals surface area contributed by atoms with E-state index in [-0.39, 0.29) is 24.2 Å². The molecule has 0 radical (unpaired) electrons. The Labute approximate surface area is 148 Å². The molecule has 1 aromatic heterocycles. The summed E-state index contributed by atoms with van der Waals surface area (Å²) in [5.74, 6) is -0.309. The fourth-order valence-corrected chi connectivity index (χ4v) is 3.56. The molecule has 1 aromatic rings. The van der Waals surface area contributed by atoms with E-state index in [1.807, 2.05) is 13.1 Å². The van der Waals surface area contributed by atoms with Crippen molar-refractivity contribution in [2.75, 3.05) is 33.4 Å². The number of nitrogens with zero attached hydrogens (tertiary/aromatic N) is 2. The van der Waals surface area contributed by atoms with Gasteiger partial charge in [0.15, 0.2) is 0 Å². The fourth-order valence-electron chi connectivity index (χ4n) is 3.56. The average molecular weight is 346 g/mol. The van der Waals surface area contributed by atoms with Crippen LogP contribution in [0.3, 0.4) is 0 Å². The van der Waals surface area contributed by atoms with Gasteiger partial charge in [-0.2, -0.15) is 0 Å². The van der Waals surface area contributed by atoms with Gasteiger partial charge in [-0.3, -0.25) is 14.6 Å². The summed E-state index contributed by atoms with van der Waals surface area (Å²) >= 11 is 0. The third-order valence-electron chi connectivity index (χ3n) is 5.06. The highest BCUT2D eigenvalue weighted by atomic mass is 16.5. The van der Waals surface area contributed by atoms with E-state index in [1.165, 1.54) is 11.1 Å². The Bertz CT molecular complexity index is 662. The van der Waals surface area contributed by atoms with Gasteiger partial charge in [0.2, 0.25) is 11.8 Å². The predicted molar refractivity (Wildman–Crippen MR) is 92.8 cm³/mol. The Morgan fingerprint density at radius 2 is 2.36 bits per heavy atom. The van der Waals surface area contributed by atoms with Crippen molar-refractivity contribution in [2.24, 2.45) is 5.92 Å². The molecule has 1 saturated heterocycles. The van der Waals surface area contributed by atoms with Crippen LogP contribution in [-0.4, -0.2) is 55.0 Å². The Morgan fingerprint density at radius 1 is 1.52 bits per heavy atom. The Kier molecular flexibility index (Phi) is 5.65. The second kappa shape index (κ2) is 7.93. The fraction of sp³-hybridized carbons (Fsp3) is 0.611. The molecular formula is C18H26N4O3. The lowest BCUT2D eigenvalue weighted by atomic mass is 9.96. The molecule has 0 spiro atoms. The third-order valence-corrected chi connectivity index (χ3v) is 5.06. The molecular weight excluding hydrogens is 320 g/mol. The minimum absolute atomic E-state index is 0.0261. The maximum Gasteiger partial charge on any atom is 0.225 e. The molecule has 3 rings (SSSR count). The average Bonchev–Trinajstić information content (AvgIpc) is 2.99. The minimum Gasteiger partial charge on any atom is -0.383 e. The summed E-state index contributed by atoms with van der Waals surface area (Å²) in [5, 5.41) is 6.36. The van der Waals surface area contributed by atoms with Crippen molar-refractivity contribution >= 4 is 11.8 Å². The summed E-state index contributed by atoms with van der Waals surface area (Å²) in [5.41, 5.74) is 4.59. The van der Waals surface area contributed by atoms with Gasteiger partial charge < -0.3 is 20.3 Å². The molecule has 0 saturated carbocycles. The molecule has 7 nitrogen and oxygen atoms in total. The lowest BCUT2D eigenvalue weighted by molar-refractivity contribution is -0.129. The van der Waals surface area contributed by atoms with Crippen molar-refractivity contribution in [2.45, 2.75) is 32.9 Å². The molecule has 3 heterocycles. The Hall–Kier alpha value is -1.99. The molecule has 1 atom stereocenters. The van der Waals surface area contributed by atoms with Gasteiger partial charge in [0.1, 0.15) is 0 Å². The molecule has 1 unspecified atom stereocenters. The number of hydrogen-bond donors (Lipinski definition) is 2. The van der Waals surface area contributed by atoms with Crippen LogP contribution in [-0.2, 0) is 33.8 Å². The topological polar surface area (TPSA) is 83.6 Å². The first-order valence-electron chi connectivity index (χ1n) is 8.81. The van der Waals surface area contributed by atoms with Crippen LogP contribution in [0.2, 0.25) is 0 Å². The van der Waals surface area contributed by atoms with E-state index in [1.54, 1.807) is 12.0 Å². The van der Waals surface area contributed by atoms with Crippen LogP contribution in [0, 0.1) is 12.8 Å². The van der Waals surface area contributed by atoms with E-state index in [0.29, 0.717) is 26.2 Å². The molecule has 1 fully saturated rings. The van der Waals surface area contributed by atoms with Gasteiger partial charge in [0, 0.05) is 51.6 Å². The number of amides is 2. The lowest BCUT2D eigenvalue weighted by Crippen LogP contribution is -2.34. The van der Waals surface area contributed by atoms with Crippen LogP contribution in [0.1, 0.15) is 28.8 Å². The number of rotatable bonds is 6. The molecule has 0 aliphatic carbocycles. The van der Waals surface area contributed by atoms with Gasteiger partial charge in [0.25, 0.3) is 0 Å². The zero-order valence-electron chi connectivity index (χ0n) is 14.9. The monoisotopic (exact) mass is 346 g/mol. The van der Waals surface area contributed by atoms with E-state index in [9.17, 15) is 9.59 Å². The third kappa shape index (κ3) is 3.99. The van der Waals surface area contributed by atoms with E-state index >= 15 is 0 Å². The van der Waals surface area contributed by atoms with Gasteiger partial charge >= 0.3 is 0 Å². The lowest BCUT2D eigenvalue weighted by Gasteiger charge is -2.22. The quantitative estimate of drug-likeness (QED) is 0.766. The second-order valence-electron chi connectivity index (χ2n) is 6.70. The summed E-state index contributed by atoms with van der Waals surface area (Å²) in [6.45, 7) is 5.75. The second-order valence-corrected chi connectivity index (χ2v) is 6.70. The summed E-state index contributed by atoms with van der Waals surface area (Å²) in [6.07, 6.45) is 3.16. The van der Waals surface area contributed by atoms with E-state index in [2.05, 4.69) is 15.6 Å². The Balaban J connectivity index is 1.61. The summed E-state index contributed by atoms with van der Waals surface area (Å²) in [6, 6.07) is 0. The van der Waals surface area contributed by atoms with E-state index in [4.69, 9.17) is 4.74 Å². The van der Waals surface area contributed by atoms with Crippen molar-refractivity contribution in [3.05, 3.63) is 28.6 Å². The van der Waals surface area contributed by atoms with Crippen LogP contribution in [0.4, 0.5) is 0 Å². The molecule has 2 N–H and O–H groups in total. The maximum absolute atomic E-state index is 12.5. The molecule has 25 heavy (non-hydrogen) atoms. The standard InChI is InChI=1S/C18H26N4O3/c1-12-16(15-3-4-19-8-14(15)9-20-12)10-21-18(24)13-7-17(23)22(11-13)5-6-25-2/h9,13,19H,3-8,10-11H2,1-2H3,(H,21,24). The number of aryl methyl sites for hydroxylation is 1. The van der Waals surface area contributed by atoms with Gasteiger partial charge in [-0.25, -0.2) is 0 Å². The highest BCUT2D eigenvalue weighted by molar-refractivity contribution is 5.89. The summed E-state index contributed by atoms with van der Waals surface area (Å²) < 4.78 is 5.01. The molecule has 0 aromatic carbocycles. The van der Waals surface area contributed by atoms with Crippen molar-refractivity contribution in [1.29, 1.82) is 0 Å². The molecule has 2 amide bonds. The molecule has 0 bridgehead atoms. The van der Waals surface area contributed by atoms with Gasteiger partial charge in [-0.15, -0.1) is 0 Å². The first-order valence-corrected chi connectivity index (χ1v) is 8.81. The first-order chi connectivity index (χ1) is 12.1. The summed E-state index contributed by atoms with van der Waals surface area (Å²) in [4.78, 5) is 30.7. The Morgan fingerprint density at radius 3 is 3.16 bits per heavy atom. The number of carbonyl (C=O) groups excluding carboxylic acids is 2. The molecule has 2 aliphatic heterocycles. The van der Waals surface area contributed by atoms with E-state index < -0.39 is 0 Å². The number of methoxy groups -OCH3 is 1. The van der Waals surface area contributed by atoms with Crippen molar-refractivity contribution in [3.63, 3.8) is 0 Å². The van der Waals surface area contributed by atoms with E-state index in [0.717, 1.165) is 30.8 Å². The highest BCUT2D eigenvalue weighted by Gasteiger charge is 2.34. The van der Waals surface area contributed by atoms with Crippen LogP contribution in [0.5, 0.6) is 0 Å². The molecule has 7 heteroatoms. The minimum atomic E-state index is -0.279. The van der Waals surface area contributed by atoms with Crippen molar-refractivity contribution in [3.8, 4) is 0 Å². The number of likely N-dealkylation sites (tertiary alicyclic amines) is 1. The molecule has 136 valence electrons. The number of hydrogen-bond acceptors (Lipinski definition) is 5. The number of fused-ring (bicyclic) bond motifs is 1. The maximum atomic E-state index is 12.5. The van der Waals surface area contributed by atoms with Crippen LogP contribution in [0.25, 0.3) is 0 Å². The van der Waals surface area contributed by atoms with Crippen molar-refractivity contribution < 1.29 is 14.3 Å². The largest absolute Gasteiger partial charge is 0.383 e. The van der Waals surface area contributed by atoms with Gasteiger partial charge in [0.05, 0.1) is 12.5 Å². The number of aromatic nitrogens is 1. The number of ether oxygens (including phenoxy) is 1. The van der Waals surface area contributed by atoms with Crippen LogP contribution < -0.4 is 10.6 Å². The smallest absolute Gasteiger partial charge is 0.225 e. The first kappa shape index (κ1) is 17.8. The zero-order valence-corrected chi connectivity index (χ0v) is 14.9. The highest BCUT2D eigenvalue weighted by Crippen LogP contribution is 2.21. The summed E-state index contributed by atoms with van der Waals surface area (Å²) in [7, 11) is 1.61. The van der Waals surface area contributed by atoms with Crippen LogP contribution >= 0.6 is 0 Å². The van der Waals surface area contributed by atoms with Crippen LogP contribution in [0.15, 0.2) is 6.20 Å². The normalized spacial score (nSPS) is 19.8. The number of nitrogens with one attached hydrogen (secondary N) is 2. The number of carbonyl (C=O) groups is 2.